The summed E-state index contributed by atoms with van der Waals surface area (Å²) in [6, 6.07) is 19.2. The van der Waals surface area contributed by atoms with Gasteiger partial charge in [-0.2, -0.15) is 0 Å². The van der Waals surface area contributed by atoms with Gasteiger partial charge in [-0.1, -0.05) is 30.3 Å². The van der Waals surface area contributed by atoms with Gasteiger partial charge in [0.2, 0.25) is 5.91 Å². The Hall–Kier alpha value is -5.30. The number of H-pyrrole nitrogens is 1. The number of carbonyl (C=O) groups excluding carboxylic acids is 2. The number of ether oxygens (including phenoxy) is 3. The third-order valence-corrected chi connectivity index (χ3v) is 9.26. The Balaban J connectivity index is 1.32. The number of methoxy groups -OCH3 is 2. The summed E-state index contributed by atoms with van der Waals surface area (Å²) in [7, 11) is 2.99. The molecule has 5 aromatic rings. The lowest BCUT2D eigenvalue weighted by Gasteiger charge is -2.40. The molecule has 49 heavy (non-hydrogen) atoms. The minimum atomic E-state index is -1.29. The zero-order valence-corrected chi connectivity index (χ0v) is 27.0. The van der Waals surface area contributed by atoms with Crippen molar-refractivity contribution in [3.05, 3.63) is 101 Å². The molecule has 1 aliphatic heterocycles. The second kappa shape index (κ2) is 13.3. The van der Waals surface area contributed by atoms with E-state index in [9.17, 15) is 24.9 Å². The fourth-order valence-electron chi connectivity index (χ4n) is 6.96. The van der Waals surface area contributed by atoms with Crippen molar-refractivity contribution < 1.29 is 43.5 Å². The summed E-state index contributed by atoms with van der Waals surface area (Å²) in [6.07, 6.45) is -0.279. The van der Waals surface area contributed by atoms with Crippen LogP contribution in [0, 0.1) is 0 Å². The van der Waals surface area contributed by atoms with Crippen LogP contribution in [0.25, 0.3) is 21.9 Å². The summed E-state index contributed by atoms with van der Waals surface area (Å²) < 4.78 is 23.5. The first kappa shape index (κ1) is 32.3. The monoisotopic (exact) mass is 667 g/mol. The maximum atomic E-state index is 14.5. The van der Waals surface area contributed by atoms with Crippen molar-refractivity contribution in [1.29, 1.82) is 0 Å². The van der Waals surface area contributed by atoms with Crippen molar-refractivity contribution in [2.24, 2.45) is 0 Å². The largest absolute Gasteiger partial charge is 0.493 e. The van der Waals surface area contributed by atoms with Crippen LogP contribution >= 0.6 is 0 Å². The van der Waals surface area contributed by atoms with E-state index < -0.39 is 36.0 Å². The number of nitrogens with zero attached hydrogens (tertiary/aromatic N) is 1. The number of hydrogen-bond acceptors (Lipinski definition) is 9. The molecule has 0 radical (unpaired) electrons. The van der Waals surface area contributed by atoms with Crippen LogP contribution in [0.1, 0.15) is 33.3 Å². The van der Waals surface area contributed by atoms with E-state index >= 15 is 0 Å². The molecule has 2 aliphatic rings. The fraction of sp³-hybridized carbons (Fsp3) is 0.297. The van der Waals surface area contributed by atoms with Crippen LogP contribution in [-0.4, -0.2) is 89.2 Å². The average molecular weight is 668 g/mol. The predicted molar refractivity (Wildman–Crippen MR) is 180 cm³/mol. The average Bonchev–Trinajstić information content (AvgIpc) is 3.86. The molecule has 3 aromatic carbocycles. The summed E-state index contributed by atoms with van der Waals surface area (Å²) in [5.74, 6) is -0.538. The number of aliphatic hydroxyl groups excluding tert-OH is 3. The number of benzene rings is 3. The maximum absolute atomic E-state index is 14.5. The zero-order chi connectivity index (χ0) is 34.2. The quantitative estimate of drug-likeness (QED) is 0.142. The van der Waals surface area contributed by atoms with Crippen LogP contribution in [-0.2, 0) is 17.8 Å². The number of hydrogen-bond donors (Lipinski definition) is 5. The number of aliphatic hydroxyl groups is 3. The molecule has 4 unspecified atom stereocenters. The number of para-hydroxylation sites is 2. The molecule has 0 fully saturated rings. The molecule has 0 spiro atoms. The van der Waals surface area contributed by atoms with Gasteiger partial charge in [0.05, 0.1) is 39.4 Å². The van der Waals surface area contributed by atoms with E-state index in [1.807, 2.05) is 36.4 Å². The number of fused-ring (bicyclic) bond motifs is 5. The summed E-state index contributed by atoms with van der Waals surface area (Å²) in [6.45, 7) is -0.413. The van der Waals surface area contributed by atoms with Crippen molar-refractivity contribution in [2.45, 2.75) is 37.2 Å². The highest BCUT2D eigenvalue weighted by Gasteiger charge is 2.51. The lowest BCUT2D eigenvalue weighted by atomic mass is 9.77. The van der Waals surface area contributed by atoms with E-state index in [4.69, 9.17) is 18.6 Å². The SMILES string of the molecule is COc1cc(CO)cc2c1OC1C2C(C(=O)NCCO)=CC(N(CCc2cc3ccccc3[nH]2)C(=O)c2cc3cccc(OC)c3o2)C1O. The highest BCUT2D eigenvalue weighted by molar-refractivity contribution is 5.99. The van der Waals surface area contributed by atoms with Gasteiger partial charge >= 0.3 is 0 Å². The van der Waals surface area contributed by atoms with Crippen LogP contribution in [0.5, 0.6) is 17.2 Å². The Morgan fingerprint density at radius 2 is 1.78 bits per heavy atom. The highest BCUT2D eigenvalue weighted by atomic mass is 16.5. The first-order chi connectivity index (χ1) is 23.8. The Morgan fingerprint density at radius 3 is 2.53 bits per heavy atom. The summed E-state index contributed by atoms with van der Waals surface area (Å²) in [5, 5.41) is 36.0. The van der Waals surface area contributed by atoms with Gasteiger partial charge in [-0.05, 0) is 53.4 Å². The molecule has 0 bridgehead atoms. The molecule has 12 nitrogen and oxygen atoms in total. The van der Waals surface area contributed by atoms with E-state index in [1.165, 1.54) is 19.1 Å². The van der Waals surface area contributed by atoms with Crippen LogP contribution in [0.2, 0.25) is 0 Å². The summed E-state index contributed by atoms with van der Waals surface area (Å²) in [5.41, 5.74) is 3.60. The van der Waals surface area contributed by atoms with Crippen LogP contribution < -0.4 is 19.5 Å². The number of amides is 2. The second-order valence-corrected chi connectivity index (χ2v) is 12.1. The van der Waals surface area contributed by atoms with Gasteiger partial charge in [0.25, 0.3) is 5.91 Å². The number of furan rings is 1. The van der Waals surface area contributed by atoms with Gasteiger partial charge in [-0.3, -0.25) is 9.59 Å². The molecule has 2 amide bonds. The molecule has 5 N–H and O–H groups in total. The first-order valence-electron chi connectivity index (χ1n) is 16.1. The molecule has 3 heterocycles. The molecule has 254 valence electrons. The smallest absolute Gasteiger partial charge is 0.290 e. The number of nitrogens with one attached hydrogen (secondary N) is 2. The number of rotatable bonds is 11. The molecule has 7 rings (SSSR count). The van der Waals surface area contributed by atoms with E-state index in [0.29, 0.717) is 45.8 Å². The molecule has 4 atom stereocenters. The van der Waals surface area contributed by atoms with Gasteiger partial charge in [0.15, 0.2) is 28.6 Å². The molecular weight excluding hydrogens is 630 g/mol. The highest BCUT2D eigenvalue weighted by Crippen LogP contribution is 2.51. The number of aromatic amines is 1. The van der Waals surface area contributed by atoms with Gasteiger partial charge < -0.3 is 49.1 Å². The van der Waals surface area contributed by atoms with E-state index in [1.54, 1.807) is 36.4 Å². The Morgan fingerprint density at radius 1 is 0.980 bits per heavy atom. The van der Waals surface area contributed by atoms with Gasteiger partial charge in [-0.25, -0.2) is 0 Å². The summed E-state index contributed by atoms with van der Waals surface area (Å²) in [4.78, 5) is 33.2. The standard InChI is InChI=1S/C37H37N3O9/c1-46-28-9-5-7-22-17-30(48-33(22)28)37(45)40(12-10-23-16-21-6-3-4-8-26(21)39-23)27-18-25(36(44)38-11-13-41)31-24-14-20(19-42)15-29(47-2)34(24)49-35(31)32(27)43/h3-9,14-18,27,31-32,35,39,41-43H,10-13,19H2,1-2H3,(H,38,44). The Labute approximate surface area is 281 Å². The lowest BCUT2D eigenvalue weighted by Crippen LogP contribution is -2.56. The van der Waals surface area contributed by atoms with Crippen molar-refractivity contribution >= 4 is 33.7 Å². The third kappa shape index (κ3) is 5.77. The molecular formula is C37H37N3O9. The summed E-state index contributed by atoms with van der Waals surface area (Å²) >= 11 is 0. The normalized spacial score (nSPS) is 19.6. The molecule has 2 aromatic heterocycles. The maximum Gasteiger partial charge on any atom is 0.290 e. The van der Waals surface area contributed by atoms with E-state index in [-0.39, 0.29) is 37.6 Å². The van der Waals surface area contributed by atoms with Crippen molar-refractivity contribution in [3.63, 3.8) is 0 Å². The van der Waals surface area contributed by atoms with Crippen LogP contribution in [0.15, 0.2) is 82.8 Å². The van der Waals surface area contributed by atoms with Gasteiger partial charge in [0, 0.05) is 47.2 Å². The van der Waals surface area contributed by atoms with Gasteiger partial charge in [0.1, 0.15) is 12.2 Å². The van der Waals surface area contributed by atoms with E-state index in [2.05, 4.69) is 10.3 Å². The van der Waals surface area contributed by atoms with Crippen molar-refractivity contribution in [1.82, 2.24) is 15.2 Å². The fourth-order valence-corrected chi connectivity index (χ4v) is 6.96. The minimum Gasteiger partial charge on any atom is -0.493 e. The Kier molecular flexibility index (Phi) is 8.76. The number of carbonyl (C=O) groups is 2. The molecule has 0 saturated carbocycles. The van der Waals surface area contributed by atoms with Crippen LogP contribution in [0.4, 0.5) is 0 Å². The third-order valence-electron chi connectivity index (χ3n) is 9.26. The molecule has 12 heteroatoms. The topological polar surface area (TPSA) is 167 Å². The van der Waals surface area contributed by atoms with E-state index in [0.717, 1.165) is 16.6 Å². The lowest BCUT2D eigenvalue weighted by molar-refractivity contribution is -0.118. The molecule has 0 saturated heterocycles. The van der Waals surface area contributed by atoms with Gasteiger partial charge in [-0.15, -0.1) is 0 Å². The van der Waals surface area contributed by atoms with Crippen molar-refractivity contribution in [2.75, 3.05) is 33.9 Å². The van der Waals surface area contributed by atoms with Crippen LogP contribution in [0.3, 0.4) is 0 Å². The first-order valence-corrected chi connectivity index (χ1v) is 16.1. The minimum absolute atomic E-state index is 0.00165. The zero-order valence-electron chi connectivity index (χ0n) is 27.0. The predicted octanol–water partition coefficient (Wildman–Crippen LogP) is 3.43. The molecule has 1 aliphatic carbocycles. The van der Waals surface area contributed by atoms with Crippen molar-refractivity contribution in [3.8, 4) is 17.2 Å². The Bertz CT molecular complexity index is 2030. The second-order valence-electron chi connectivity index (χ2n) is 12.1. The number of aromatic nitrogens is 1.